The number of benzene rings is 3. The fourth-order valence-corrected chi connectivity index (χ4v) is 4.09. The van der Waals surface area contributed by atoms with Crippen molar-refractivity contribution in [3.8, 4) is 0 Å². The van der Waals surface area contributed by atoms with Crippen molar-refractivity contribution in [1.82, 2.24) is 29.8 Å². The first-order valence-corrected chi connectivity index (χ1v) is 11.5. The fraction of sp³-hybridized carbons (Fsp3) is 0.160. The molecule has 0 bridgehead atoms. The number of nitrogens with zero attached hydrogens (tertiary/aromatic N) is 6. The molecule has 0 fully saturated rings. The van der Waals surface area contributed by atoms with Crippen molar-refractivity contribution in [1.29, 1.82) is 0 Å². The van der Waals surface area contributed by atoms with Crippen molar-refractivity contribution in [2.24, 2.45) is 12.0 Å². The molecule has 206 valence electrons. The van der Waals surface area contributed by atoms with Crippen LogP contribution in [-0.2, 0) is 25.9 Å². The number of H-pyrrole nitrogens is 1. The molecule has 0 aliphatic heterocycles. The van der Waals surface area contributed by atoms with Crippen LogP contribution in [0.1, 0.15) is 27.0 Å². The van der Waals surface area contributed by atoms with Gasteiger partial charge in [-0.2, -0.15) is 31.6 Å². The van der Waals surface area contributed by atoms with E-state index in [2.05, 4.69) is 30.9 Å². The van der Waals surface area contributed by atoms with Gasteiger partial charge in [0.2, 0.25) is 5.62 Å². The maximum Gasteiger partial charge on any atom is 0.416 e. The number of carbonyl (C=O) groups is 1. The Balaban J connectivity index is 1.59. The summed E-state index contributed by atoms with van der Waals surface area (Å²) in [4.78, 5) is 16.8. The minimum absolute atomic E-state index is 0.00316. The third-order valence-corrected chi connectivity index (χ3v) is 6.03. The Bertz CT molecular complexity index is 1750. The van der Waals surface area contributed by atoms with E-state index in [4.69, 9.17) is 0 Å². The van der Waals surface area contributed by atoms with Gasteiger partial charge in [-0.05, 0) is 59.3 Å². The predicted octanol–water partition coefficient (Wildman–Crippen LogP) is 5.06. The molecular formula is C25H18F6N8O. The number of fused-ring (bicyclic) bond motifs is 1. The largest absolute Gasteiger partial charge is 0.416 e. The Hall–Kier alpha value is -4.95. The molecule has 9 nitrogen and oxygen atoms in total. The number of aryl methyl sites for hydroxylation is 1. The van der Waals surface area contributed by atoms with Gasteiger partial charge >= 0.3 is 12.4 Å². The van der Waals surface area contributed by atoms with E-state index >= 15 is 0 Å². The Morgan fingerprint density at radius 2 is 1.62 bits per heavy atom. The van der Waals surface area contributed by atoms with E-state index in [1.165, 1.54) is 39.5 Å². The van der Waals surface area contributed by atoms with E-state index in [0.717, 1.165) is 24.3 Å². The Morgan fingerprint density at radius 1 is 0.925 bits per heavy atom. The van der Waals surface area contributed by atoms with Gasteiger partial charge in [0.05, 0.1) is 34.4 Å². The molecule has 0 unspecified atom stereocenters. The van der Waals surface area contributed by atoms with Crippen LogP contribution >= 0.6 is 0 Å². The van der Waals surface area contributed by atoms with Crippen molar-refractivity contribution in [3.05, 3.63) is 94.6 Å². The average Bonchev–Trinajstić information content (AvgIpc) is 3.50. The number of alkyl halides is 6. The summed E-state index contributed by atoms with van der Waals surface area (Å²) in [5, 5.41) is 15.3. The highest BCUT2D eigenvalue weighted by atomic mass is 19.4. The van der Waals surface area contributed by atoms with E-state index in [1.807, 2.05) is 0 Å². The zero-order chi connectivity index (χ0) is 28.7. The summed E-state index contributed by atoms with van der Waals surface area (Å²) in [7, 11) is 1.56. The van der Waals surface area contributed by atoms with Crippen LogP contribution in [0, 0.1) is 0 Å². The van der Waals surface area contributed by atoms with Crippen LogP contribution in [0.5, 0.6) is 0 Å². The first-order valence-electron chi connectivity index (χ1n) is 11.5. The van der Waals surface area contributed by atoms with Crippen molar-refractivity contribution < 1.29 is 31.1 Å². The second-order valence-corrected chi connectivity index (χ2v) is 8.69. The molecule has 2 N–H and O–H groups in total. The van der Waals surface area contributed by atoms with Gasteiger partial charge in [-0.25, -0.2) is 4.99 Å². The van der Waals surface area contributed by atoms with Crippen LogP contribution < -0.4 is 10.9 Å². The third kappa shape index (κ3) is 5.43. The predicted molar refractivity (Wildman–Crippen MR) is 130 cm³/mol. The zero-order valence-electron chi connectivity index (χ0n) is 20.4. The third-order valence-electron chi connectivity index (χ3n) is 6.03. The maximum absolute atomic E-state index is 13.5. The first-order chi connectivity index (χ1) is 18.9. The number of carbonyl (C=O) groups excluding carboxylic acids is 1. The highest BCUT2D eigenvalue weighted by Crippen LogP contribution is 2.33. The molecule has 0 aliphatic carbocycles. The average molecular weight is 560 g/mol. The molecule has 5 aromatic rings. The summed E-state index contributed by atoms with van der Waals surface area (Å²) in [6.07, 6.45) is -9.21. The molecule has 2 heterocycles. The summed E-state index contributed by atoms with van der Waals surface area (Å²) >= 11 is 0. The number of aromatic nitrogens is 6. The monoisotopic (exact) mass is 560 g/mol. The molecule has 15 heteroatoms. The molecular weight excluding hydrogens is 542 g/mol. The quantitative estimate of drug-likeness (QED) is 0.293. The van der Waals surface area contributed by atoms with Crippen molar-refractivity contribution in [2.75, 3.05) is 5.32 Å². The molecule has 0 aliphatic rings. The molecule has 3 aromatic carbocycles. The maximum atomic E-state index is 13.5. The van der Waals surface area contributed by atoms with Gasteiger partial charge in [-0.15, -0.1) is 5.10 Å². The number of anilines is 1. The van der Waals surface area contributed by atoms with Crippen LogP contribution in [0.25, 0.3) is 11.0 Å². The van der Waals surface area contributed by atoms with E-state index in [0.29, 0.717) is 11.1 Å². The van der Waals surface area contributed by atoms with Crippen molar-refractivity contribution in [2.45, 2.75) is 18.9 Å². The summed E-state index contributed by atoms with van der Waals surface area (Å²) in [6.45, 7) is 0.00316. The molecule has 5 rings (SSSR count). The van der Waals surface area contributed by atoms with Crippen LogP contribution in [0.15, 0.2) is 71.7 Å². The molecule has 40 heavy (non-hydrogen) atoms. The number of halogens is 6. The standard InChI is InChI=1S/C25H18F6N8O/c1-38-19-10-9-17(25(29,30)31)12-20(19)39(23(38)32-18-4-2-3-16(11-18)24(26,27)28)13-14-5-7-15(8-6-14)21(40)33-22-34-36-37-35-22/h2-12H,13H2,1H3,(H2,33,34,35,36,37,40). The number of aromatic amines is 1. The zero-order valence-corrected chi connectivity index (χ0v) is 20.4. The van der Waals surface area contributed by atoms with Crippen LogP contribution in [-0.4, -0.2) is 35.7 Å². The van der Waals surface area contributed by atoms with Crippen LogP contribution in [0.2, 0.25) is 0 Å². The minimum Gasteiger partial charge on any atom is -0.313 e. The number of hydrogen-bond donors (Lipinski definition) is 2. The first kappa shape index (κ1) is 26.6. The molecule has 0 atom stereocenters. The van der Waals surface area contributed by atoms with Gasteiger partial charge in [0.25, 0.3) is 11.9 Å². The van der Waals surface area contributed by atoms with Gasteiger partial charge in [0.15, 0.2) is 0 Å². The van der Waals surface area contributed by atoms with Gasteiger partial charge in [-0.1, -0.05) is 23.3 Å². The second-order valence-electron chi connectivity index (χ2n) is 8.69. The van der Waals surface area contributed by atoms with Crippen molar-refractivity contribution >= 4 is 28.6 Å². The molecule has 2 aromatic heterocycles. The SMILES string of the molecule is Cn1c(=Nc2cccc(C(F)(F)F)c2)n(Cc2ccc(C(=O)Nc3nn[nH]n3)cc2)c2cc(C(F)(F)F)ccc21. The Morgan fingerprint density at radius 3 is 2.27 bits per heavy atom. The number of imidazole rings is 1. The molecule has 0 spiro atoms. The number of amides is 1. The van der Waals surface area contributed by atoms with Gasteiger partial charge in [0.1, 0.15) is 0 Å². The topological polar surface area (TPSA) is 106 Å². The van der Waals surface area contributed by atoms with Gasteiger partial charge < -0.3 is 9.13 Å². The summed E-state index contributed by atoms with van der Waals surface area (Å²) in [6, 6.07) is 13.7. The van der Waals surface area contributed by atoms with Gasteiger partial charge in [0, 0.05) is 12.6 Å². The highest BCUT2D eigenvalue weighted by molar-refractivity contribution is 6.03. The second kappa shape index (κ2) is 9.98. The lowest BCUT2D eigenvalue weighted by molar-refractivity contribution is -0.138. The minimum atomic E-state index is -4.62. The lowest BCUT2D eigenvalue weighted by atomic mass is 10.1. The molecule has 0 radical (unpaired) electrons. The van der Waals surface area contributed by atoms with Crippen molar-refractivity contribution in [3.63, 3.8) is 0 Å². The lowest BCUT2D eigenvalue weighted by Gasteiger charge is -2.10. The van der Waals surface area contributed by atoms with E-state index < -0.39 is 29.4 Å². The number of hydrogen-bond acceptors (Lipinski definition) is 5. The smallest absolute Gasteiger partial charge is 0.313 e. The lowest BCUT2D eigenvalue weighted by Crippen LogP contribution is -2.24. The Labute approximate surface area is 220 Å². The van der Waals surface area contributed by atoms with Crippen LogP contribution in [0.3, 0.4) is 0 Å². The normalized spacial score (nSPS) is 12.7. The van der Waals surface area contributed by atoms with E-state index in [1.54, 1.807) is 19.2 Å². The van der Waals surface area contributed by atoms with E-state index in [9.17, 15) is 31.1 Å². The number of rotatable bonds is 5. The molecule has 1 amide bonds. The summed E-state index contributed by atoms with van der Waals surface area (Å²) < 4.78 is 83.4. The molecule has 0 saturated carbocycles. The Kier molecular flexibility index (Phi) is 6.65. The highest BCUT2D eigenvalue weighted by Gasteiger charge is 2.32. The summed E-state index contributed by atoms with van der Waals surface area (Å²) in [5.74, 6) is -0.539. The fourth-order valence-electron chi connectivity index (χ4n) is 4.09. The van der Waals surface area contributed by atoms with E-state index in [-0.39, 0.29) is 34.9 Å². The molecule has 0 saturated heterocycles. The van der Waals surface area contributed by atoms with Crippen LogP contribution in [0.4, 0.5) is 38.0 Å². The number of nitrogens with one attached hydrogen (secondary N) is 2. The number of tetrazole rings is 1. The van der Waals surface area contributed by atoms with Gasteiger partial charge in [-0.3, -0.25) is 10.1 Å². The summed E-state index contributed by atoms with van der Waals surface area (Å²) in [5.41, 5.74) is -0.314.